The van der Waals surface area contributed by atoms with E-state index in [1.807, 2.05) is 0 Å². The first-order chi connectivity index (χ1) is 12.2. The highest BCUT2D eigenvalue weighted by Gasteiger charge is 2.38. The molecule has 0 aliphatic rings. The molecule has 0 saturated carbocycles. The zero-order valence-corrected chi connectivity index (χ0v) is 21.5. The Kier molecular flexibility index (Phi) is 8.36. The molecular weight excluding hydrogens is 366 g/mol. The van der Waals surface area contributed by atoms with E-state index in [1.54, 1.807) is 0 Å². The van der Waals surface area contributed by atoms with Crippen LogP contribution in [0.4, 0.5) is 5.69 Å². The molecule has 1 aromatic rings. The van der Waals surface area contributed by atoms with Crippen molar-refractivity contribution in [2.75, 3.05) is 31.2 Å². The normalized spacial score (nSPS) is 13.7. The molecule has 0 fully saturated rings. The summed E-state index contributed by atoms with van der Waals surface area (Å²) in [6, 6.07) is 10.6. The van der Waals surface area contributed by atoms with Gasteiger partial charge in [-0.15, -0.1) is 0 Å². The summed E-state index contributed by atoms with van der Waals surface area (Å²) < 4.78 is 12.8. The van der Waals surface area contributed by atoms with Gasteiger partial charge < -0.3 is 13.8 Å². The molecule has 1 rings (SSSR count). The number of hydrogen-bond acceptors (Lipinski definition) is 3. The molecule has 156 valence electrons. The minimum atomic E-state index is -1.71. The second-order valence-corrected chi connectivity index (χ2v) is 20.2. The van der Waals surface area contributed by atoms with Gasteiger partial charge in [0.05, 0.1) is 13.2 Å². The molecule has 0 bridgehead atoms. The fraction of sp³-hybridized carbons (Fsp3) is 0.727. The molecular formula is C22H43NO2Si2. The largest absolute Gasteiger partial charge is 0.415 e. The van der Waals surface area contributed by atoms with Crippen molar-refractivity contribution in [1.29, 1.82) is 0 Å². The molecule has 0 atom stereocenters. The van der Waals surface area contributed by atoms with E-state index in [9.17, 15) is 0 Å². The first-order valence-corrected chi connectivity index (χ1v) is 16.1. The van der Waals surface area contributed by atoms with Crippen molar-refractivity contribution in [2.24, 2.45) is 0 Å². The predicted molar refractivity (Wildman–Crippen MR) is 125 cm³/mol. The Morgan fingerprint density at radius 2 is 1.07 bits per heavy atom. The SMILES string of the molecule is CC(C)(C)[Si](C)(C)OCCN(CCO[Si](C)(C)C(C)(C)C)c1ccccc1. The van der Waals surface area contributed by atoms with Gasteiger partial charge in [0.15, 0.2) is 16.6 Å². The van der Waals surface area contributed by atoms with Crippen molar-refractivity contribution >= 4 is 22.3 Å². The van der Waals surface area contributed by atoms with Gasteiger partial charge in [0, 0.05) is 18.8 Å². The minimum absolute atomic E-state index is 0.246. The number of rotatable bonds is 9. The van der Waals surface area contributed by atoms with Crippen LogP contribution in [0.1, 0.15) is 41.5 Å². The van der Waals surface area contributed by atoms with Gasteiger partial charge in [0.1, 0.15) is 0 Å². The van der Waals surface area contributed by atoms with Crippen molar-refractivity contribution in [2.45, 2.75) is 77.8 Å². The fourth-order valence-electron chi connectivity index (χ4n) is 2.26. The first kappa shape index (κ1) is 24.4. The Hall–Kier alpha value is -0.626. The van der Waals surface area contributed by atoms with Crippen molar-refractivity contribution in [3.63, 3.8) is 0 Å². The lowest BCUT2D eigenvalue weighted by Gasteiger charge is -2.38. The lowest BCUT2D eigenvalue weighted by molar-refractivity contribution is 0.276. The van der Waals surface area contributed by atoms with Gasteiger partial charge in [-0.1, -0.05) is 59.7 Å². The predicted octanol–water partition coefficient (Wildman–Crippen LogP) is 6.54. The molecule has 0 unspecified atom stereocenters. The summed E-state index contributed by atoms with van der Waals surface area (Å²) in [4.78, 5) is 2.40. The lowest BCUT2D eigenvalue weighted by Crippen LogP contribution is -2.44. The Morgan fingerprint density at radius 3 is 1.41 bits per heavy atom. The average molecular weight is 410 g/mol. The maximum Gasteiger partial charge on any atom is 0.192 e. The van der Waals surface area contributed by atoms with Crippen LogP contribution in [0.3, 0.4) is 0 Å². The summed E-state index contributed by atoms with van der Waals surface area (Å²) in [5.74, 6) is 0. The van der Waals surface area contributed by atoms with Gasteiger partial charge in [0.25, 0.3) is 0 Å². The molecule has 0 saturated heterocycles. The van der Waals surface area contributed by atoms with Gasteiger partial charge in [0.2, 0.25) is 0 Å². The van der Waals surface area contributed by atoms with Crippen molar-refractivity contribution < 1.29 is 8.85 Å². The van der Waals surface area contributed by atoms with Gasteiger partial charge >= 0.3 is 0 Å². The van der Waals surface area contributed by atoms with Crippen LogP contribution in [0.25, 0.3) is 0 Å². The zero-order valence-electron chi connectivity index (χ0n) is 19.5. The Balaban J connectivity index is 2.71. The van der Waals surface area contributed by atoms with E-state index in [2.05, 4.69) is 103 Å². The van der Waals surface area contributed by atoms with E-state index < -0.39 is 16.6 Å². The van der Waals surface area contributed by atoms with Crippen LogP contribution in [0.2, 0.25) is 36.3 Å². The summed E-state index contributed by atoms with van der Waals surface area (Å²) in [6.07, 6.45) is 0. The van der Waals surface area contributed by atoms with Crippen LogP contribution < -0.4 is 4.90 Å². The average Bonchev–Trinajstić information content (AvgIpc) is 2.52. The third-order valence-corrected chi connectivity index (χ3v) is 15.5. The quantitative estimate of drug-likeness (QED) is 0.432. The topological polar surface area (TPSA) is 21.7 Å². The van der Waals surface area contributed by atoms with E-state index in [4.69, 9.17) is 8.85 Å². The molecule has 0 aliphatic carbocycles. The fourth-order valence-corrected chi connectivity index (χ4v) is 4.33. The first-order valence-electron chi connectivity index (χ1n) is 10.3. The van der Waals surface area contributed by atoms with Crippen LogP contribution >= 0.6 is 0 Å². The molecule has 1 aromatic carbocycles. The molecule has 0 aliphatic heterocycles. The molecule has 0 heterocycles. The summed E-state index contributed by atoms with van der Waals surface area (Å²) in [5.41, 5.74) is 1.25. The highest BCUT2D eigenvalue weighted by molar-refractivity contribution is 6.74. The van der Waals surface area contributed by atoms with Gasteiger partial charge in [-0.3, -0.25) is 0 Å². The van der Waals surface area contributed by atoms with Gasteiger partial charge in [-0.25, -0.2) is 0 Å². The standard InChI is InChI=1S/C22H43NO2Si2/c1-21(2,3)26(7,8)24-18-16-23(20-14-12-11-13-15-20)17-19-25-27(9,10)22(4,5)6/h11-15H,16-19H2,1-10H3. The smallest absolute Gasteiger partial charge is 0.192 e. The molecule has 0 amide bonds. The number of benzene rings is 1. The summed E-state index contributed by atoms with van der Waals surface area (Å²) in [6.45, 7) is 26.4. The lowest BCUT2D eigenvalue weighted by atomic mass is 10.2. The second kappa shape index (κ2) is 9.25. The van der Waals surface area contributed by atoms with Crippen LogP contribution in [0.5, 0.6) is 0 Å². The number of anilines is 1. The maximum atomic E-state index is 6.41. The van der Waals surface area contributed by atoms with E-state index >= 15 is 0 Å². The third kappa shape index (κ3) is 7.37. The van der Waals surface area contributed by atoms with E-state index in [0.717, 1.165) is 26.3 Å². The van der Waals surface area contributed by atoms with E-state index in [-0.39, 0.29) is 10.1 Å². The molecule has 0 spiro atoms. The molecule has 0 aromatic heterocycles. The number of para-hydroxylation sites is 1. The minimum Gasteiger partial charge on any atom is -0.415 e. The van der Waals surface area contributed by atoms with Crippen LogP contribution in [-0.4, -0.2) is 42.9 Å². The van der Waals surface area contributed by atoms with Crippen molar-refractivity contribution in [3.05, 3.63) is 30.3 Å². The third-order valence-electron chi connectivity index (χ3n) is 6.38. The highest BCUT2D eigenvalue weighted by atomic mass is 28.4. The molecule has 0 N–H and O–H groups in total. The van der Waals surface area contributed by atoms with Crippen LogP contribution in [0, 0.1) is 0 Å². The monoisotopic (exact) mass is 409 g/mol. The van der Waals surface area contributed by atoms with Crippen LogP contribution in [-0.2, 0) is 8.85 Å². The Bertz CT molecular complexity index is 528. The molecule has 5 heteroatoms. The van der Waals surface area contributed by atoms with Crippen LogP contribution in [0.15, 0.2) is 30.3 Å². The Morgan fingerprint density at radius 1 is 0.704 bits per heavy atom. The molecule has 0 radical (unpaired) electrons. The number of nitrogens with zero attached hydrogens (tertiary/aromatic N) is 1. The van der Waals surface area contributed by atoms with Gasteiger partial charge in [-0.05, 0) is 48.4 Å². The maximum absolute atomic E-state index is 6.41. The summed E-state index contributed by atoms with van der Waals surface area (Å²) >= 11 is 0. The van der Waals surface area contributed by atoms with Crippen molar-refractivity contribution in [3.8, 4) is 0 Å². The second-order valence-electron chi connectivity index (χ2n) is 10.5. The van der Waals surface area contributed by atoms with Crippen molar-refractivity contribution in [1.82, 2.24) is 0 Å². The molecule has 3 nitrogen and oxygen atoms in total. The molecule has 27 heavy (non-hydrogen) atoms. The van der Waals surface area contributed by atoms with E-state index in [1.165, 1.54) is 5.69 Å². The summed E-state index contributed by atoms with van der Waals surface area (Å²) in [7, 11) is -3.42. The highest BCUT2D eigenvalue weighted by Crippen LogP contribution is 2.37. The Labute approximate surface area is 170 Å². The summed E-state index contributed by atoms with van der Waals surface area (Å²) in [5, 5.41) is 0.492. The zero-order chi connectivity index (χ0) is 20.9. The van der Waals surface area contributed by atoms with Gasteiger partial charge in [-0.2, -0.15) is 0 Å². The number of hydrogen-bond donors (Lipinski definition) is 0. The van der Waals surface area contributed by atoms with E-state index in [0.29, 0.717) is 0 Å².